The predicted molar refractivity (Wildman–Crippen MR) is 111 cm³/mol. The molecule has 1 aliphatic heterocycles. The van der Waals surface area contributed by atoms with Gasteiger partial charge in [-0.15, -0.1) is 11.3 Å². The molecule has 3 heterocycles. The zero-order valence-corrected chi connectivity index (χ0v) is 16.5. The first-order valence-electron chi connectivity index (χ1n) is 9.42. The summed E-state index contributed by atoms with van der Waals surface area (Å²) in [6.45, 7) is 0.467. The van der Waals surface area contributed by atoms with Crippen molar-refractivity contribution in [2.75, 3.05) is 0 Å². The normalized spacial score (nSPS) is 18.8. The molecule has 0 bridgehead atoms. The van der Waals surface area contributed by atoms with Crippen LogP contribution in [0.25, 0.3) is 0 Å². The van der Waals surface area contributed by atoms with E-state index in [1.165, 1.54) is 0 Å². The predicted octanol–water partition coefficient (Wildman–Crippen LogP) is 2.49. The molecule has 2 unspecified atom stereocenters. The highest BCUT2D eigenvalue weighted by Gasteiger charge is 2.33. The summed E-state index contributed by atoms with van der Waals surface area (Å²) in [5.74, 6) is 0.314. The zero-order valence-electron chi connectivity index (χ0n) is 15.7. The molecular formula is C22H21N3O3S. The van der Waals surface area contributed by atoms with Crippen molar-refractivity contribution in [2.45, 2.75) is 31.5 Å². The smallest absolute Gasteiger partial charge is 0.243 e. The largest absolute Gasteiger partial charge is 0.487 e. The van der Waals surface area contributed by atoms with E-state index in [0.29, 0.717) is 30.9 Å². The van der Waals surface area contributed by atoms with Gasteiger partial charge in [0.2, 0.25) is 11.8 Å². The summed E-state index contributed by atoms with van der Waals surface area (Å²) in [6, 6.07) is 16.3. The molecule has 2 atom stereocenters. The number of thiophene rings is 1. The molecule has 1 aromatic carbocycles. The number of ether oxygens (including phenoxy) is 1. The van der Waals surface area contributed by atoms with E-state index in [9.17, 15) is 9.59 Å². The summed E-state index contributed by atoms with van der Waals surface area (Å²) in [6.07, 6.45) is 2.48. The number of hydrogen-bond donors (Lipinski definition) is 2. The number of hydrogen-bond acceptors (Lipinski definition) is 5. The van der Waals surface area contributed by atoms with Crippen molar-refractivity contribution in [1.82, 2.24) is 15.6 Å². The van der Waals surface area contributed by atoms with Crippen molar-refractivity contribution < 1.29 is 14.3 Å². The second-order valence-corrected chi connectivity index (χ2v) is 7.90. The number of pyridine rings is 1. The van der Waals surface area contributed by atoms with Crippen LogP contribution < -0.4 is 15.4 Å². The monoisotopic (exact) mass is 407 g/mol. The zero-order chi connectivity index (χ0) is 20.1. The molecule has 2 aromatic heterocycles. The maximum Gasteiger partial charge on any atom is 0.243 e. The average Bonchev–Trinajstić information content (AvgIpc) is 3.25. The third kappa shape index (κ3) is 5.00. The fourth-order valence-corrected chi connectivity index (χ4v) is 3.91. The van der Waals surface area contributed by atoms with Gasteiger partial charge < -0.3 is 15.4 Å². The van der Waals surface area contributed by atoms with Crippen LogP contribution in [0.1, 0.15) is 16.1 Å². The minimum absolute atomic E-state index is 0.161. The Labute approximate surface area is 172 Å². The maximum atomic E-state index is 12.4. The van der Waals surface area contributed by atoms with Crippen LogP contribution in [0.15, 0.2) is 66.2 Å². The summed E-state index contributed by atoms with van der Waals surface area (Å²) >= 11 is 1.57. The molecule has 7 heteroatoms. The SMILES string of the molecule is O=C1NC(Cc2cccs2)C(=O)NC1Cc1ccc(OCc2ccccc2)cn1. The van der Waals surface area contributed by atoms with Gasteiger partial charge in [0.15, 0.2) is 0 Å². The highest BCUT2D eigenvalue weighted by Crippen LogP contribution is 2.15. The minimum atomic E-state index is -0.620. The Bertz CT molecular complexity index is 959. The van der Waals surface area contributed by atoms with Crippen LogP contribution in [0.5, 0.6) is 5.75 Å². The first-order chi connectivity index (χ1) is 14.2. The van der Waals surface area contributed by atoms with E-state index in [0.717, 1.165) is 10.4 Å². The molecule has 1 fully saturated rings. The van der Waals surface area contributed by atoms with Crippen molar-refractivity contribution in [3.05, 3.63) is 82.3 Å². The van der Waals surface area contributed by atoms with E-state index in [1.807, 2.05) is 60.0 Å². The fraction of sp³-hybridized carbons (Fsp3) is 0.227. The van der Waals surface area contributed by atoms with E-state index in [4.69, 9.17) is 4.74 Å². The van der Waals surface area contributed by atoms with Crippen LogP contribution in [0.4, 0.5) is 0 Å². The third-order valence-electron chi connectivity index (χ3n) is 4.71. The van der Waals surface area contributed by atoms with E-state index < -0.39 is 12.1 Å². The lowest BCUT2D eigenvalue weighted by Crippen LogP contribution is -2.62. The lowest BCUT2D eigenvalue weighted by molar-refractivity contribution is -0.136. The van der Waals surface area contributed by atoms with Crippen LogP contribution >= 0.6 is 11.3 Å². The first-order valence-corrected chi connectivity index (χ1v) is 10.3. The van der Waals surface area contributed by atoms with E-state index in [2.05, 4.69) is 15.6 Å². The first kappa shape index (κ1) is 19.1. The molecule has 3 aromatic rings. The van der Waals surface area contributed by atoms with E-state index >= 15 is 0 Å². The van der Waals surface area contributed by atoms with Gasteiger partial charge in [0.05, 0.1) is 6.20 Å². The number of amides is 2. The molecule has 1 aliphatic rings. The quantitative estimate of drug-likeness (QED) is 0.631. The Balaban J connectivity index is 1.31. The van der Waals surface area contributed by atoms with Gasteiger partial charge in [0.25, 0.3) is 0 Å². The Morgan fingerprint density at radius 2 is 1.66 bits per heavy atom. The van der Waals surface area contributed by atoms with E-state index in [1.54, 1.807) is 17.5 Å². The third-order valence-corrected chi connectivity index (χ3v) is 5.61. The van der Waals surface area contributed by atoms with Crippen LogP contribution in [0.2, 0.25) is 0 Å². The lowest BCUT2D eigenvalue weighted by Gasteiger charge is -2.29. The van der Waals surface area contributed by atoms with Crippen molar-refractivity contribution in [1.29, 1.82) is 0 Å². The second kappa shape index (κ2) is 8.87. The van der Waals surface area contributed by atoms with Crippen LogP contribution in [-0.2, 0) is 29.0 Å². The standard InChI is InChI=1S/C22H21N3O3S/c26-21-19(24-22(27)20(25-21)12-18-7-4-10-29-18)11-16-8-9-17(13-23-16)28-14-15-5-2-1-3-6-15/h1-10,13,19-20H,11-12,14H2,(H,24,27)(H,25,26). The second-order valence-electron chi connectivity index (χ2n) is 6.87. The van der Waals surface area contributed by atoms with Crippen LogP contribution in [0, 0.1) is 0 Å². The molecule has 29 heavy (non-hydrogen) atoms. The molecular weight excluding hydrogens is 386 g/mol. The Morgan fingerprint density at radius 1 is 0.897 bits per heavy atom. The topological polar surface area (TPSA) is 80.3 Å². The molecule has 2 amide bonds. The minimum Gasteiger partial charge on any atom is -0.487 e. The van der Waals surface area contributed by atoms with Gasteiger partial charge in [0.1, 0.15) is 24.4 Å². The number of piperazine rings is 1. The van der Waals surface area contributed by atoms with Gasteiger partial charge in [-0.2, -0.15) is 0 Å². The van der Waals surface area contributed by atoms with Gasteiger partial charge in [-0.1, -0.05) is 36.4 Å². The number of nitrogens with one attached hydrogen (secondary N) is 2. The number of nitrogens with zero attached hydrogens (tertiary/aromatic N) is 1. The van der Waals surface area contributed by atoms with Gasteiger partial charge in [-0.05, 0) is 29.1 Å². The molecule has 0 spiro atoms. The summed E-state index contributed by atoms with van der Waals surface area (Å²) in [4.78, 5) is 30.2. The number of carbonyl (C=O) groups is 2. The number of rotatable bonds is 7. The average molecular weight is 407 g/mol. The van der Waals surface area contributed by atoms with Gasteiger partial charge in [-0.3, -0.25) is 14.6 Å². The molecule has 0 radical (unpaired) electrons. The number of aromatic nitrogens is 1. The molecule has 6 nitrogen and oxygen atoms in total. The van der Waals surface area contributed by atoms with Crippen LogP contribution in [-0.4, -0.2) is 28.9 Å². The van der Waals surface area contributed by atoms with Gasteiger partial charge in [-0.25, -0.2) is 0 Å². The Morgan fingerprint density at radius 3 is 2.31 bits per heavy atom. The fourth-order valence-electron chi connectivity index (χ4n) is 3.16. The highest BCUT2D eigenvalue weighted by molar-refractivity contribution is 7.09. The van der Waals surface area contributed by atoms with Gasteiger partial charge in [0, 0.05) is 23.4 Å². The van der Waals surface area contributed by atoms with Crippen LogP contribution in [0.3, 0.4) is 0 Å². The maximum absolute atomic E-state index is 12.4. The summed E-state index contributed by atoms with van der Waals surface area (Å²) < 4.78 is 5.73. The molecule has 148 valence electrons. The molecule has 4 rings (SSSR count). The molecule has 0 saturated carbocycles. The molecule has 1 saturated heterocycles. The van der Waals surface area contributed by atoms with Gasteiger partial charge >= 0.3 is 0 Å². The Hall–Kier alpha value is -3.19. The number of carbonyl (C=O) groups excluding carboxylic acids is 2. The summed E-state index contributed by atoms with van der Waals surface area (Å²) in [5, 5.41) is 7.61. The molecule has 0 aliphatic carbocycles. The summed E-state index contributed by atoms with van der Waals surface area (Å²) in [7, 11) is 0. The van der Waals surface area contributed by atoms with Crippen molar-refractivity contribution in [3.8, 4) is 5.75 Å². The highest BCUT2D eigenvalue weighted by atomic mass is 32.1. The summed E-state index contributed by atoms with van der Waals surface area (Å²) in [5.41, 5.74) is 1.80. The van der Waals surface area contributed by atoms with Crippen molar-refractivity contribution in [3.63, 3.8) is 0 Å². The molecule has 2 N–H and O–H groups in total. The number of benzene rings is 1. The van der Waals surface area contributed by atoms with E-state index in [-0.39, 0.29) is 11.8 Å². The Kier molecular flexibility index (Phi) is 5.86. The van der Waals surface area contributed by atoms with Crippen molar-refractivity contribution >= 4 is 23.2 Å². The van der Waals surface area contributed by atoms with Crippen molar-refractivity contribution in [2.24, 2.45) is 0 Å². The lowest BCUT2D eigenvalue weighted by atomic mass is 10.0.